The number of nitrogens with one attached hydrogen (secondary N) is 1. The van der Waals surface area contributed by atoms with Gasteiger partial charge in [-0.2, -0.15) is 0 Å². The third-order valence-corrected chi connectivity index (χ3v) is 4.07. The molecule has 21 heavy (non-hydrogen) atoms. The van der Waals surface area contributed by atoms with E-state index in [-0.39, 0.29) is 23.7 Å². The van der Waals surface area contributed by atoms with Crippen LogP contribution >= 0.6 is 0 Å². The average Bonchev–Trinajstić information content (AvgIpc) is 2.77. The molecule has 1 N–H and O–H groups in total. The van der Waals surface area contributed by atoms with Crippen LogP contribution < -0.4 is 5.32 Å². The third kappa shape index (κ3) is 3.44. The second-order valence-electron chi connectivity index (χ2n) is 6.63. The fourth-order valence-corrected chi connectivity index (χ4v) is 2.72. The highest BCUT2D eigenvalue weighted by Crippen LogP contribution is 2.29. The molecular weight excluding hydrogens is 264 g/mol. The molecule has 0 spiro atoms. The Balaban J connectivity index is 2.25. The van der Waals surface area contributed by atoms with Gasteiger partial charge in [-0.05, 0) is 25.3 Å². The standard InChI is InChI=1S/C17H26N2O2/c1-12(2)15-18-14(13-9-7-6-8-10-13)16(20)19(15)11-17(3,4)21-5/h6-10,12,14-15,18H,11H2,1-5H3. The van der Waals surface area contributed by atoms with E-state index in [4.69, 9.17) is 4.74 Å². The van der Waals surface area contributed by atoms with Gasteiger partial charge in [-0.15, -0.1) is 0 Å². The van der Waals surface area contributed by atoms with Gasteiger partial charge in [0.2, 0.25) is 5.91 Å². The van der Waals surface area contributed by atoms with Gasteiger partial charge in [-0.25, -0.2) is 0 Å². The summed E-state index contributed by atoms with van der Waals surface area (Å²) in [4.78, 5) is 14.7. The second-order valence-corrected chi connectivity index (χ2v) is 6.63. The van der Waals surface area contributed by atoms with Gasteiger partial charge < -0.3 is 9.64 Å². The van der Waals surface area contributed by atoms with Gasteiger partial charge in [0, 0.05) is 7.11 Å². The van der Waals surface area contributed by atoms with Crippen molar-refractivity contribution >= 4 is 5.91 Å². The SMILES string of the molecule is COC(C)(C)CN1C(=O)C(c2ccccc2)NC1C(C)C. The molecule has 2 rings (SSSR count). The highest BCUT2D eigenvalue weighted by Gasteiger charge is 2.42. The smallest absolute Gasteiger partial charge is 0.245 e. The normalized spacial score (nSPS) is 23.1. The van der Waals surface area contributed by atoms with Gasteiger partial charge in [-0.3, -0.25) is 10.1 Å². The number of carbonyl (C=O) groups is 1. The maximum absolute atomic E-state index is 12.8. The Kier molecular flexibility index (Phi) is 4.69. The molecule has 1 aromatic carbocycles. The molecule has 0 radical (unpaired) electrons. The Morgan fingerprint density at radius 3 is 2.43 bits per heavy atom. The Morgan fingerprint density at radius 1 is 1.29 bits per heavy atom. The van der Waals surface area contributed by atoms with Crippen LogP contribution in [0.4, 0.5) is 0 Å². The van der Waals surface area contributed by atoms with Gasteiger partial charge in [0.15, 0.2) is 0 Å². The Bertz CT molecular complexity index is 485. The van der Waals surface area contributed by atoms with Gasteiger partial charge in [0.1, 0.15) is 6.04 Å². The van der Waals surface area contributed by atoms with E-state index in [1.165, 1.54) is 0 Å². The molecule has 116 valence electrons. The van der Waals surface area contributed by atoms with Crippen LogP contribution in [0.15, 0.2) is 30.3 Å². The highest BCUT2D eigenvalue weighted by molar-refractivity contribution is 5.85. The molecule has 2 atom stereocenters. The average molecular weight is 290 g/mol. The number of hydrogen-bond donors (Lipinski definition) is 1. The summed E-state index contributed by atoms with van der Waals surface area (Å²) in [6, 6.07) is 9.64. The minimum absolute atomic E-state index is 0.0390. The van der Waals surface area contributed by atoms with Crippen LogP contribution in [0.3, 0.4) is 0 Å². The molecule has 1 aliphatic rings. The van der Waals surface area contributed by atoms with E-state index in [2.05, 4.69) is 19.2 Å². The van der Waals surface area contributed by atoms with E-state index >= 15 is 0 Å². The number of hydrogen-bond acceptors (Lipinski definition) is 3. The molecule has 1 saturated heterocycles. The fraction of sp³-hybridized carbons (Fsp3) is 0.588. The monoisotopic (exact) mass is 290 g/mol. The van der Waals surface area contributed by atoms with Crippen LogP contribution in [0.5, 0.6) is 0 Å². The first-order valence-corrected chi connectivity index (χ1v) is 7.52. The van der Waals surface area contributed by atoms with Gasteiger partial charge >= 0.3 is 0 Å². The molecule has 1 aliphatic heterocycles. The van der Waals surface area contributed by atoms with E-state index in [0.717, 1.165) is 5.56 Å². The zero-order valence-corrected chi connectivity index (χ0v) is 13.6. The lowest BCUT2D eigenvalue weighted by Crippen LogP contribution is -2.48. The van der Waals surface area contributed by atoms with E-state index in [1.54, 1.807) is 7.11 Å². The molecule has 1 heterocycles. The lowest BCUT2D eigenvalue weighted by Gasteiger charge is -2.34. The second kappa shape index (κ2) is 6.16. The van der Waals surface area contributed by atoms with Gasteiger partial charge in [-0.1, -0.05) is 44.2 Å². The summed E-state index contributed by atoms with van der Waals surface area (Å²) in [6.45, 7) is 8.86. The fourth-order valence-electron chi connectivity index (χ4n) is 2.72. The first kappa shape index (κ1) is 16.0. The molecule has 1 aromatic rings. The van der Waals surface area contributed by atoms with Crippen molar-refractivity contribution in [3.8, 4) is 0 Å². The van der Waals surface area contributed by atoms with Crippen molar-refractivity contribution in [2.45, 2.75) is 45.5 Å². The summed E-state index contributed by atoms with van der Waals surface area (Å²) in [6.07, 6.45) is 0.0390. The molecule has 2 unspecified atom stereocenters. The summed E-state index contributed by atoms with van der Waals surface area (Å²) in [5.41, 5.74) is 0.668. The first-order valence-electron chi connectivity index (χ1n) is 7.52. The lowest BCUT2D eigenvalue weighted by atomic mass is 10.1. The summed E-state index contributed by atoms with van der Waals surface area (Å²) in [5.74, 6) is 0.473. The Morgan fingerprint density at radius 2 is 1.90 bits per heavy atom. The molecule has 4 nitrogen and oxygen atoms in total. The predicted octanol–water partition coefficient (Wildman–Crippen LogP) is 2.57. The molecule has 1 fully saturated rings. The van der Waals surface area contributed by atoms with E-state index in [9.17, 15) is 4.79 Å². The van der Waals surface area contributed by atoms with Crippen LogP contribution in [-0.2, 0) is 9.53 Å². The molecule has 0 aliphatic carbocycles. The van der Waals surface area contributed by atoms with Crippen LogP contribution in [0.25, 0.3) is 0 Å². The number of rotatable bonds is 5. The minimum Gasteiger partial charge on any atom is -0.377 e. The summed E-state index contributed by atoms with van der Waals surface area (Å²) < 4.78 is 5.50. The van der Waals surface area contributed by atoms with Crippen molar-refractivity contribution in [3.05, 3.63) is 35.9 Å². The van der Waals surface area contributed by atoms with Crippen LogP contribution in [0.2, 0.25) is 0 Å². The van der Waals surface area contributed by atoms with Crippen molar-refractivity contribution in [1.29, 1.82) is 0 Å². The predicted molar refractivity (Wildman–Crippen MR) is 83.7 cm³/mol. The maximum Gasteiger partial charge on any atom is 0.245 e. The van der Waals surface area contributed by atoms with E-state index in [0.29, 0.717) is 12.5 Å². The molecule has 0 saturated carbocycles. The first-order chi connectivity index (χ1) is 9.85. The Labute approximate surface area is 127 Å². The van der Waals surface area contributed by atoms with Crippen molar-refractivity contribution in [2.75, 3.05) is 13.7 Å². The molecule has 1 amide bonds. The van der Waals surface area contributed by atoms with Gasteiger partial charge in [0.05, 0.1) is 18.3 Å². The van der Waals surface area contributed by atoms with Crippen LogP contribution in [0.1, 0.15) is 39.3 Å². The molecular formula is C17H26N2O2. The summed E-state index contributed by atoms with van der Waals surface area (Å²) >= 11 is 0. The van der Waals surface area contributed by atoms with Crippen molar-refractivity contribution in [2.24, 2.45) is 5.92 Å². The van der Waals surface area contributed by atoms with Crippen molar-refractivity contribution in [3.63, 3.8) is 0 Å². The number of nitrogens with zero attached hydrogens (tertiary/aromatic N) is 1. The number of ether oxygens (including phenoxy) is 1. The Hall–Kier alpha value is -1.39. The van der Waals surface area contributed by atoms with Crippen LogP contribution in [-0.4, -0.2) is 36.2 Å². The van der Waals surface area contributed by atoms with E-state index in [1.807, 2.05) is 49.1 Å². The van der Waals surface area contributed by atoms with Crippen LogP contribution in [0, 0.1) is 5.92 Å². The summed E-state index contributed by atoms with van der Waals surface area (Å²) in [5, 5.41) is 3.47. The van der Waals surface area contributed by atoms with E-state index < -0.39 is 0 Å². The van der Waals surface area contributed by atoms with Crippen molar-refractivity contribution in [1.82, 2.24) is 10.2 Å². The maximum atomic E-state index is 12.8. The third-order valence-electron chi connectivity index (χ3n) is 4.07. The lowest BCUT2D eigenvalue weighted by molar-refractivity contribution is -0.134. The van der Waals surface area contributed by atoms with Crippen molar-refractivity contribution < 1.29 is 9.53 Å². The largest absolute Gasteiger partial charge is 0.377 e. The number of carbonyl (C=O) groups excluding carboxylic acids is 1. The molecule has 0 bridgehead atoms. The zero-order valence-electron chi connectivity index (χ0n) is 13.6. The molecule has 0 aromatic heterocycles. The number of methoxy groups -OCH3 is 1. The quantitative estimate of drug-likeness (QED) is 0.906. The topological polar surface area (TPSA) is 41.6 Å². The number of benzene rings is 1. The summed E-state index contributed by atoms with van der Waals surface area (Å²) in [7, 11) is 1.69. The highest BCUT2D eigenvalue weighted by atomic mass is 16.5. The molecule has 4 heteroatoms. The van der Waals surface area contributed by atoms with Gasteiger partial charge in [0.25, 0.3) is 0 Å². The minimum atomic E-state index is -0.351. The zero-order chi connectivity index (χ0) is 15.6. The number of amides is 1.